The number of thioether (sulfide) groups is 1. The van der Waals surface area contributed by atoms with Crippen molar-refractivity contribution >= 4 is 64.1 Å². The molecule has 2 saturated heterocycles. The molecule has 2 aliphatic carbocycles. The number of nitrogens with one attached hydrogen (secondary N) is 1. The van der Waals surface area contributed by atoms with E-state index >= 15 is 0 Å². The maximum absolute atomic E-state index is 13.6. The molecular formula is C28H35N8OS4+. The largest absolute Gasteiger partial charge is 0.362 e. The van der Waals surface area contributed by atoms with Crippen molar-refractivity contribution in [3.8, 4) is 16.9 Å². The van der Waals surface area contributed by atoms with Crippen LogP contribution < -0.4 is 9.62 Å². The van der Waals surface area contributed by atoms with Crippen molar-refractivity contribution in [3.05, 3.63) is 23.5 Å². The summed E-state index contributed by atoms with van der Waals surface area (Å²) in [5, 5.41) is 20.4. The summed E-state index contributed by atoms with van der Waals surface area (Å²) >= 11 is 6.80. The Labute approximate surface area is 257 Å². The number of aromatic nitrogens is 4. The first-order valence-corrected chi connectivity index (χ1v) is 17.9. The lowest BCUT2D eigenvalue weighted by atomic mass is 10.1. The average molecular weight is 628 g/mol. The summed E-state index contributed by atoms with van der Waals surface area (Å²) in [6.07, 6.45) is 11.2. The van der Waals surface area contributed by atoms with E-state index in [2.05, 4.69) is 62.7 Å². The second-order valence-corrected chi connectivity index (χ2v) is 17.0. The van der Waals surface area contributed by atoms with Crippen LogP contribution >= 0.6 is 47.0 Å². The van der Waals surface area contributed by atoms with E-state index in [4.69, 9.17) is 4.98 Å². The molecule has 0 radical (unpaired) electrons. The minimum Gasteiger partial charge on any atom is -0.362 e. The van der Waals surface area contributed by atoms with Gasteiger partial charge in [0.2, 0.25) is 5.37 Å². The van der Waals surface area contributed by atoms with Gasteiger partial charge in [-0.2, -0.15) is 9.15 Å². The number of imidazole rings is 1. The summed E-state index contributed by atoms with van der Waals surface area (Å²) in [6.45, 7) is 10.2. The highest BCUT2D eigenvalue weighted by molar-refractivity contribution is 8.03. The molecule has 0 bridgehead atoms. The number of hydrogen-bond acceptors (Lipinski definition) is 11. The molecule has 3 aromatic heterocycles. The molecule has 9 nitrogen and oxygen atoms in total. The SMILES string of the molecule is CSC1(C)CN(c2cc(SNC3(C)CC3)cn3c(-c4nnc(C5(C#N)CC5)s4)ncc23)CCC2S[N+]21C(=O)C(C)C. The number of carbonyl (C=O) groups is 1. The first-order valence-electron chi connectivity index (χ1n) is 14.2. The first kappa shape index (κ1) is 28.0. The maximum Gasteiger partial charge on any atom is 0.330 e. The number of nitriles is 1. The van der Waals surface area contributed by atoms with Gasteiger partial charge in [-0.25, -0.2) is 9.78 Å². The van der Waals surface area contributed by atoms with E-state index in [1.165, 1.54) is 24.2 Å². The van der Waals surface area contributed by atoms with Crippen LogP contribution in [0.15, 0.2) is 23.4 Å². The Hall–Kier alpha value is -1.82. The molecular weight excluding hydrogens is 593 g/mol. The lowest BCUT2D eigenvalue weighted by Crippen LogP contribution is -2.56. The third kappa shape index (κ3) is 4.43. The number of fused-ring (bicyclic) bond motifs is 2. The Balaban J connectivity index is 1.29. The number of pyridine rings is 1. The summed E-state index contributed by atoms with van der Waals surface area (Å²) in [5.74, 6) is 1.08. The molecule has 13 heteroatoms. The van der Waals surface area contributed by atoms with E-state index in [-0.39, 0.29) is 16.3 Å². The lowest BCUT2D eigenvalue weighted by molar-refractivity contribution is -0.707. The van der Waals surface area contributed by atoms with Crippen LogP contribution in [0.4, 0.5) is 5.69 Å². The molecule has 0 spiro atoms. The third-order valence-electron chi connectivity index (χ3n) is 9.08. The molecule has 2 saturated carbocycles. The van der Waals surface area contributed by atoms with E-state index < -0.39 is 5.41 Å². The number of carbonyl (C=O) groups excluding carboxylic acids is 1. The molecule has 0 aromatic carbocycles. The van der Waals surface area contributed by atoms with Crippen LogP contribution in [-0.4, -0.2) is 64.5 Å². The normalized spacial score (nSPS) is 29.2. The number of hydrogen-bond donors (Lipinski definition) is 1. The van der Waals surface area contributed by atoms with Crippen LogP contribution in [0.25, 0.3) is 16.3 Å². The van der Waals surface area contributed by atoms with E-state index in [0.29, 0.717) is 15.2 Å². The fourth-order valence-electron chi connectivity index (χ4n) is 5.83. The molecule has 3 atom stereocenters. The molecule has 3 aromatic rings. The maximum atomic E-state index is 13.6. The van der Waals surface area contributed by atoms with Crippen molar-refractivity contribution in [1.82, 2.24) is 24.3 Å². The van der Waals surface area contributed by atoms with E-state index in [9.17, 15) is 10.1 Å². The Bertz CT molecular complexity index is 1590. The Kier molecular flexibility index (Phi) is 6.55. The molecule has 4 aliphatic rings. The Morgan fingerprint density at radius 1 is 1.27 bits per heavy atom. The molecule has 5 heterocycles. The predicted octanol–water partition coefficient (Wildman–Crippen LogP) is 5.83. The summed E-state index contributed by atoms with van der Waals surface area (Å²) < 4.78 is 6.32. The van der Waals surface area contributed by atoms with Crippen LogP contribution in [0.5, 0.6) is 0 Å². The van der Waals surface area contributed by atoms with Crippen molar-refractivity contribution in [2.45, 2.75) is 85.9 Å². The fourth-order valence-corrected chi connectivity index (χ4v) is 10.5. The molecule has 1 N–H and O–H groups in total. The zero-order valence-electron chi connectivity index (χ0n) is 24.0. The molecule has 2 aliphatic heterocycles. The van der Waals surface area contributed by atoms with Crippen LogP contribution in [0.3, 0.4) is 0 Å². The molecule has 1 amide bonds. The van der Waals surface area contributed by atoms with Crippen LogP contribution in [-0.2, 0) is 10.2 Å². The van der Waals surface area contributed by atoms with Gasteiger partial charge in [-0.15, -0.1) is 10.2 Å². The monoisotopic (exact) mass is 627 g/mol. The number of anilines is 1. The first-order chi connectivity index (χ1) is 19.6. The van der Waals surface area contributed by atoms with Gasteiger partial charge in [-0.3, -0.25) is 9.12 Å². The van der Waals surface area contributed by atoms with Gasteiger partial charge in [0.1, 0.15) is 10.4 Å². The molecule has 41 heavy (non-hydrogen) atoms. The van der Waals surface area contributed by atoms with Crippen molar-refractivity contribution in [2.75, 3.05) is 24.2 Å². The van der Waals surface area contributed by atoms with Crippen LogP contribution in [0, 0.1) is 17.2 Å². The minimum absolute atomic E-state index is 0.00295. The number of rotatable bonds is 8. The number of amides is 1. The van der Waals surface area contributed by atoms with Gasteiger partial charge in [0.25, 0.3) is 0 Å². The zero-order chi connectivity index (χ0) is 28.8. The van der Waals surface area contributed by atoms with Gasteiger partial charge in [0.05, 0.1) is 35.9 Å². The van der Waals surface area contributed by atoms with Crippen LogP contribution in [0.1, 0.15) is 64.8 Å². The Morgan fingerprint density at radius 3 is 2.71 bits per heavy atom. The van der Waals surface area contributed by atoms with Crippen molar-refractivity contribution in [2.24, 2.45) is 5.92 Å². The standard InChI is InChI=1S/C28H35N8OS4/c1-17(2)24(37)36-21(41-36)6-11-34(16-27(36,4)38-5)19-12-18(40-33-26(3)7-8-26)14-35-20(19)13-30-22(35)23-31-32-25(39-23)28(15-29)9-10-28/h12-14,17,21,33H,6-11,16H2,1-5H3/q+1. The van der Waals surface area contributed by atoms with Gasteiger partial charge in [0.15, 0.2) is 27.7 Å². The summed E-state index contributed by atoms with van der Waals surface area (Å²) in [5.41, 5.74) is 1.86. The second-order valence-electron chi connectivity index (χ2n) is 12.6. The van der Waals surface area contributed by atoms with Gasteiger partial charge >= 0.3 is 5.91 Å². The van der Waals surface area contributed by atoms with Gasteiger partial charge in [-0.1, -0.05) is 23.1 Å². The highest BCUT2D eigenvalue weighted by Crippen LogP contribution is 2.64. The average Bonchev–Trinajstić information content (AvgIpc) is 3.92. The van der Waals surface area contributed by atoms with Crippen molar-refractivity contribution in [1.29, 1.82) is 5.26 Å². The third-order valence-corrected chi connectivity index (χ3v) is 14.4. The van der Waals surface area contributed by atoms with Gasteiger partial charge in [-0.05, 0) is 70.7 Å². The molecule has 4 fully saturated rings. The Morgan fingerprint density at radius 2 is 2.05 bits per heavy atom. The summed E-state index contributed by atoms with van der Waals surface area (Å²) in [6, 6.07) is 4.72. The summed E-state index contributed by atoms with van der Waals surface area (Å²) in [4.78, 5) is 21.8. The highest BCUT2D eigenvalue weighted by Gasteiger charge is 2.74. The van der Waals surface area contributed by atoms with E-state index in [1.807, 2.05) is 32.0 Å². The van der Waals surface area contributed by atoms with Crippen molar-refractivity contribution < 1.29 is 8.68 Å². The number of quaternary nitrogens is 1. The lowest BCUT2D eigenvalue weighted by Gasteiger charge is -2.37. The topological polar surface area (TPSA) is 99.2 Å². The highest BCUT2D eigenvalue weighted by atomic mass is 32.2. The smallest absolute Gasteiger partial charge is 0.330 e. The molecule has 7 rings (SSSR count). The van der Waals surface area contributed by atoms with E-state index in [1.54, 1.807) is 23.7 Å². The summed E-state index contributed by atoms with van der Waals surface area (Å²) in [7, 11) is 0. The van der Waals surface area contributed by atoms with Crippen molar-refractivity contribution in [3.63, 3.8) is 0 Å². The minimum atomic E-state index is -0.465. The van der Waals surface area contributed by atoms with Crippen LogP contribution in [0.2, 0.25) is 0 Å². The second kappa shape index (κ2) is 9.59. The zero-order valence-corrected chi connectivity index (χ0v) is 27.3. The molecule has 3 unspecified atom stereocenters. The number of nitrogens with zero attached hydrogens (tertiary/aromatic N) is 7. The van der Waals surface area contributed by atoms with E-state index in [0.717, 1.165) is 64.3 Å². The molecule has 216 valence electrons. The van der Waals surface area contributed by atoms with Gasteiger partial charge < -0.3 is 4.90 Å². The quantitative estimate of drug-likeness (QED) is 0.186. The fraction of sp³-hybridized carbons (Fsp3) is 0.607. The predicted molar refractivity (Wildman–Crippen MR) is 167 cm³/mol. The van der Waals surface area contributed by atoms with Gasteiger partial charge in [0, 0.05) is 36.5 Å².